The normalized spacial score (nSPS) is 14.7. The molecule has 31 heavy (non-hydrogen) atoms. The molecule has 0 radical (unpaired) electrons. The average molecular weight is 423 g/mol. The van der Waals surface area contributed by atoms with Crippen LogP contribution in [-0.2, 0) is 0 Å². The van der Waals surface area contributed by atoms with E-state index in [2.05, 4.69) is 25.1 Å². The molecule has 0 saturated carbocycles. The van der Waals surface area contributed by atoms with Gasteiger partial charge in [0.15, 0.2) is 0 Å². The Labute approximate surface area is 180 Å². The van der Waals surface area contributed by atoms with Crippen molar-refractivity contribution < 1.29 is 14.3 Å². The molecule has 2 N–H and O–H groups in total. The van der Waals surface area contributed by atoms with Gasteiger partial charge in [0.25, 0.3) is 0 Å². The van der Waals surface area contributed by atoms with Crippen molar-refractivity contribution in [3.05, 3.63) is 60.2 Å². The van der Waals surface area contributed by atoms with E-state index in [1.54, 1.807) is 6.07 Å². The largest absolute Gasteiger partial charge is 0.475 e. The van der Waals surface area contributed by atoms with Crippen LogP contribution in [-0.4, -0.2) is 65.2 Å². The smallest absolute Gasteiger partial charge is 0.374 e. The molecule has 1 aromatic heterocycles. The third-order valence-corrected chi connectivity index (χ3v) is 5.55. The Morgan fingerprint density at radius 2 is 1.74 bits per heavy atom. The van der Waals surface area contributed by atoms with E-state index >= 15 is 0 Å². The predicted octanol–water partition coefficient (Wildman–Crippen LogP) is 3.48. The standard InChI is InChI=1S/C23H26FN5O2/c24-17-7-9-18(10-8-17)29-15-13-28(14-16-29)12-4-3-11-25-21-19-5-1-2-6-20(19)26-22(27-21)23(30)31/h1-2,5-10H,3-4,11-16H2,(H,30,31)(H,25,26,27). The molecule has 0 amide bonds. The molecule has 2 aromatic carbocycles. The van der Waals surface area contributed by atoms with Gasteiger partial charge in [0.2, 0.25) is 5.82 Å². The lowest BCUT2D eigenvalue weighted by atomic mass is 10.2. The maximum atomic E-state index is 13.1. The molecule has 3 aromatic rings. The van der Waals surface area contributed by atoms with Crippen LogP contribution in [0, 0.1) is 5.82 Å². The Bertz CT molecular complexity index is 1040. The summed E-state index contributed by atoms with van der Waals surface area (Å²) < 4.78 is 13.1. The van der Waals surface area contributed by atoms with Crippen molar-refractivity contribution >= 4 is 28.4 Å². The number of halogens is 1. The minimum atomic E-state index is -1.13. The van der Waals surface area contributed by atoms with E-state index in [-0.39, 0.29) is 11.6 Å². The lowest BCUT2D eigenvalue weighted by Gasteiger charge is -2.36. The summed E-state index contributed by atoms with van der Waals surface area (Å²) in [6.07, 6.45) is 2.00. The molecule has 2 heterocycles. The summed E-state index contributed by atoms with van der Waals surface area (Å²) in [6, 6.07) is 14.1. The van der Waals surface area contributed by atoms with Gasteiger partial charge in [-0.2, -0.15) is 0 Å². The molecule has 0 spiro atoms. The lowest BCUT2D eigenvalue weighted by molar-refractivity contribution is 0.0684. The summed E-state index contributed by atoms with van der Waals surface area (Å²) in [7, 11) is 0. The number of piperazine rings is 1. The fraction of sp³-hybridized carbons (Fsp3) is 0.348. The fourth-order valence-corrected chi connectivity index (χ4v) is 3.86. The Kier molecular flexibility index (Phi) is 6.57. The Morgan fingerprint density at radius 1 is 1.00 bits per heavy atom. The minimum absolute atomic E-state index is 0.194. The van der Waals surface area contributed by atoms with Gasteiger partial charge in [-0.25, -0.2) is 19.2 Å². The van der Waals surface area contributed by atoms with Crippen LogP contribution >= 0.6 is 0 Å². The van der Waals surface area contributed by atoms with E-state index in [1.165, 1.54) is 12.1 Å². The Hall–Kier alpha value is -3.26. The number of rotatable bonds is 8. The van der Waals surface area contributed by atoms with Crippen molar-refractivity contribution in [1.29, 1.82) is 0 Å². The molecule has 0 aliphatic carbocycles. The maximum absolute atomic E-state index is 13.1. The van der Waals surface area contributed by atoms with E-state index in [0.717, 1.165) is 63.2 Å². The number of carboxylic acids is 1. The highest BCUT2D eigenvalue weighted by atomic mass is 19.1. The number of unbranched alkanes of at least 4 members (excludes halogenated alkanes) is 1. The molecule has 4 rings (SSSR count). The lowest BCUT2D eigenvalue weighted by Crippen LogP contribution is -2.46. The quantitative estimate of drug-likeness (QED) is 0.537. The van der Waals surface area contributed by atoms with Gasteiger partial charge in [-0.15, -0.1) is 0 Å². The third kappa shape index (κ3) is 5.27. The number of anilines is 2. The summed E-state index contributed by atoms with van der Waals surface area (Å²) in [6.45, 7) is 5.59. The van der Waals surface area contributed by atoms with E-state index in [9.17, 15) is 14.3 Å². The van der Waals surface area contributed by atoms with Crippen molar-refractivity contribution in [2.45, 2.75) is 12.8 Å². The third-order valence-electron chi connectivity index (χ3n) is 5.55. The van der Waals surface area contributed by atoms with E-state index in [4.69, 9.17) is 0 Å². The first-order chi connectivity index (χ1) is 15.1. The molecule has 0 atom stereocenters. The number of benzene rings is 2. The van der Waals surface area contributed by atoms with Crippen LogP contribution in [0.4, 0.5) is 15.9 Å². The van der Waals surface area contributed by atoms with Crippen molar-refractivity contribution in [2.24, 2.45) is 0 Å². The Balaban J connectivity index is 1.22. The van der Waals surface area contributed by atoms with Crippen LogP contribution in [0.25, 0.3) is 10.9 Å². The van der Waals surface area contributed by atoms with Crippen molar-refractivity contribution in [1.82, 2.24) is 14.9 Å². The molecule has 1 aliphatic heterocycles. The number of aromatic nitrogens is 2. The molecular weight excluding hydrogens is 397 g/mol. The second-order valence-corrected chi connectivity index (χ2v) is 7.66. The summed E-state index contributed by atoms with van der Waals surface area (Å²) in [4.78, 5) is 24.3. The van der Waals surface area contributed by atoms with Crippen LogP contribution in [0.3, 0.4) is 0 Å². The van der Waals surface area contributed by atoms with Gasteiger partial charge in [-0.1, -0.05) is 12.1 Å². The summed E-state index contributed by atoms with van der Waals surface area (Å²) in [5.41, 5.74) is 1.69. The van der Waals surface area contributed by atoms with Gasteiger partial charge in [0, 0.05) is 43.8 Å². The van der Waals surface area contributed by atoms with Gasteiger partial charge in [0.1, 0.15) is 11.6 Å². The maximum Gasteiger partial charge on any atom is 0.374 e. The summed E-state index contributed by atoms with van der Waals surface area (Å²) >= 11 is 0. The van der Waals surface area contributed by atoms with Gasteiger partial charge in [0.05, 0.1) is 5.52 Å². The topological polar surface area (TPSA) is 81.6 Å². The predicted molar refractivity (Wildman–Crippen MR) is 119 cm³/mol. The van der Waals surface area contributed by atoms with E-state index in [1.807, 2.05) is 30.3 Å². The van der Waals surface area contributed by atoms with Crippen LogP contribution in [0.2, 0.25) is 0 Å². The number of nitrogens with zero attached hydrogens (tertiary/aromatic N) is 4. The highest BCUT2D eigenvalue weighted by molar-refractivity contribution is 5.93. The van der Waals surface area contributed by atoms with Crippen molar-refractivity contribution in [2.75, 3.05) is 49.5 Å². The average Bonchev–Trinajstić information content (AvgIpc) is 2.79. The van der Waals surface area contributed by atoms with Crippen LogP contribution in [0.1, 0.15) is 23.5 Å². The highest BCUT2D eigenvalue weighted by Gasteiger charge is 2.17. The number of hydrogen-bond acceptors (Lipinski definition) is 6. The number of hydrogen-bond donors (Lipinski definition) is 2. The first kappa shape index (κ1) is 21.0. The molecule has 1 fully saturated rings. The number of para-hydroxylation sites is 1. The zero-order valence-electron chi connectivity index (χ0n) is 17.3. The van der Waals surface area contributed by atoms with Crippen LogP contribution in [0.5, 0.6) is 0 Å². The molecule has 8 heteroatoms. The molecule has 1 aliphatic rings. The molecule has 0 unspecified atom stereocenters. The SMILES string of the molecule is O=C(O)c1nc(NCCCCN2CCN(c3ccc(F)cc3)CC2)c2ccccc2n1. The van der Waals surface area contributed by atoms with Crippen LogP contribution < -0.4 is 10.2 Å². The molecule has 1 saturated heterocycles. The van der Waals surface area contributed by atoms with Crippen LogP contribution in [0.15, 0.2) is 48.5 Å². The number of carboxylic acid groups (broad SMARTS) is 1. The second-order valence-electron chi connectivity index (χ2n) is 7.66. The monoisotopic (exact) mass is 423 g/mol. The first-order valence-electron chi connectivity index (χ1n) is 10.6. The van der Waals surface area contributed by atoms with Crippen molar-refractivity contribution in [3.8, 4) is 0 Å². The van der Waals surface area contributed by atoms with Crippen molar-refractivity contribution in [3.63, 3.8) is 0 Å². The van der Waals surface area contributed by atoms with Gasteiger partial charge in [-0.3, -0.25) is 4.90 Å². The summed E-state index contributed by atoms with van der Waals surface area (Å²) in [5.74, 6) is -0.963. The Morgan fingerprint density at radius 3 is 2.48 bits per heavy atom. The first-order valence-corrected chi connectivity index (χ1v) is 10.6. The van der Waals surface area contributed by atoms with Gasteiger partial charge >= 0.3 is 5.97 Å². The zero-order valence-corrected chi connectivity index (χ0v) is 17.3. The van der Waals surface area contributed by atoms with Gasteiger partial charge < -0.3 is 15.3 Å². The molecule has 162 valence electrons. The number of fused-ring (bicyclic) bond motifs is 1. The number of nitrogens with one attached hydrogen (secondary N) is 1. The van der Waals surface area contributed by atoms with E-state index in [0.29, 0.717) is 11.3 Å². The molecule has 0 bridgehead atoms. The number of carbonyl (C=O) groups is 1. The fourth-order valence-electron chi connectivity index (χ4n) is 3.86. The number of aromatic carboxylic acids is 1. The zero-order chi connectivity index (χ0) is 21.6. The molecular formula is C23H26FN5O2. The minimum Gasteiger partial charge on any atom is -0.475 e. The van der Waals surface area contributed by atoms with E-state index < -0.39 is 5.97 Å². The summed E-state index contributed by atoms with van der Waals surface area (Å²) in [5, 5.41) is 13.4. The highest BCUT2D eigenvalue weighted by Crippen LogP contribution is 2.20. The van der Waals surface area contributed by atoms with Gasteiger partial charge in [-0.05, 0) is 55.8 Å². The second kappa shape index (κ2) is 9.70. The molecule has 7 nitrogen and oxygen atoms in total.